The summed E-state index contributed by atoms with van der Waals surface area (Å²) in [5, 5.41) is 0.447. The van der Waals surface area contributed by atoms with Crippen LogP contribution < -0.4 is 5.73 Å². The van der Waals surface area contributed by atoms with Gasteiger partial charge in [-0.2, -0.15) is 0 Å². The summed E-state index contributed by atoms with van der Waals surface area (Å²) >= 11 is 5.94. The van der Waals surface area contributed by atoms with Gasteiger partial charge in [0.2, 0.25) is 0 Å². The van der Waals surface area contributed by atoms with Crippen molar-refractivity contribution in [2.24, 2.45) is 0 Å². The van der Waals surface area contributed by atoms with Crippen molar-refractivity contribution >= 4 is 23.2 Å². The molecule has 0 spiro atoms. The quantitative estimate of drug-likeness (QED) is 0.823. The number of hydrogen-bond acceptors (Lipinski definition) is 2. The van der Waals surface area contributed by atoms with E-state index in [2.05, 4.69) is 6.92 Å². The molecule has 1 unspecified atom stereocenters. The standard InChI is InChI=1S/C13H17ClN2O/c1-2-10-4-3-7-16(10)13(17)9-5-6-12(15)11(14)8-9/h5-6,8,10H,2-4,7,15H2,1H3. The number of amides is 1. The fourth-order valence-electron chi connectivity index (χ4n) is 2.35. The smallest absolute Gasteiger partial charge is 0.254 e. The molecule has 3 nitrogen and oxygen atoms in total. The van der Waals surface area contributed by atoms with E-state index in [0.29, 0.717) is 22.3 Å². The van der Waals surface area contributed by atoms with Gasteiger partial charge >= 0.3 is 0 Å². The molecule has 0 aromatic heterocycles. The van der Waals surface area contributed by atoms with E-state index in [1.807, 2.05) is 4.90 Å². The van der Waals surface area contributed by atoms with Crippen molar-refractivity contribution in [3.8, 4) is 0 Å². The monoisotopic (exact) mass is 252 g/mol. The third-order valence-corrected chi connectivity index (χ3v) is 3.68. The van der Waals surface area contributed by atoms with Gasteiger partial charge in [0.15, 0.2) is 0 Å². The maximum Gasteiger partial charge on any atom is 0.254 e. The van der Waals surface area contributed by atoms with Gasteiger partial charge in [-0.1, -0.05) is 18.5 Å². The second-order valence-electron chi connectivity index (χ2n) is 4.44. The van der Waals surface area contributed by atoms with Crippen molar-refractivity contribution in [1.82, 2.24) is 4.90 Å². The molecule has 0 aliphatic carbocycles. The molecule has 4 heteroatoms. The van der Waals surface area contributed by atoms with Crippen LogP contribution in [-0.2, 0) is 0 Å². The summed E-state index contributed by atoms with van der Waals surface area (Å²) in [6, 6.07) is 5.46. The molecule has 1 aromatic carbocycles. The molecule has 1 amide bonds. The lowest BCUT2D eigenvalue weighted by molar-refractivity contribution is 0.0733. The number of nitrogen functional groups attached to an aromatic ring is 1. The van der Waals surface area contributed by atoms with Crippen LogP contribution in [0.1, 0.15) is 36.5 Å². The van der Waals surface area contributed by atoms with Gasteiger partial charge in [0.25, 0.3) is 5.91 Å². The summed E-state index contributed by atoms with van der Waals surface area (Å²) in [5.41, 5.74) is 6.78. The van der Waals surface area contributed by atoms with Crippen LogP contribution in [0.15, 0.2) is 18.2 Å². The predicted molar refractivity (Wildman–Crippen MR) is 70.2 cm³/mol. The Morgan fingerprint density at radius 3 is 3.00 bits per heavy atom. The minimum absolute atomic E-state index is 0.0660. The van der Waals surface area contributed by atoms with Crippen molar-refractivity contribution < 1.29 is 4.79 Å². The Balaban J connectivity index is 2.21. The molecule has 92 valence electrons. The summed E-state index contributed by atoms with van der Waals surface area (Å²) in [5.74, 6) is 0.0660. The number of hydrogen-bond donors (Lipinski definition) is 1. The Morgan fingerprint density at radius 1 is 1.59 bits per heavy atom. The van der Waals surface area contributed by atoms with Crippen LogP contribution in [0.2, 0.25) is 5.02 Å². The highest BCUT2D eigenvalue weighted by Crippen LogP contribution is 2.25. The number of carbonyl (C=O) groups is 1. The number of benzene rings is 1. The number of rotatable bonds is 2. The molecule has 0 radical (unpaired) electrons. The number of nitrogens with two attached hydrogens (primary N) is 1. The third kappa shape index (κ3) is 2.39. The number of nitrogens with zero attached hydrogens (tertiary/aromatic N) is 1. The van der Waals surface area contributed by atoms with E-state index in [-0.39, 0.29) is 5.91 Å². The molecule has 1 saturated heterocycles. The van der Waals surface area contributed by atoms with E-state index in [1.54, 1.807) is 18.2 Å². The number of likely N-dealkylation sites (tertiary alicyclic amines) is 1. The molecule has 0 bridgehead atoms. The van der Waals surface area contributed by atoms with Gasteiger partial charge in [-0.3, -0.25) is 4.79 Å². The van der Waals surface area contributed by atoms with Gasteiger partial charge in [0.05, 0.1) is 10.7 Å². The van der Waals surface area contributed by atoms with E-state index in [4.69, 9.17) is 17.3 Å². The molecule has 1 atom stereocenters. The zero-order valence-corrected chi connectivity index (χ0v) is 10.7. The first-order valence-corrected chi connectivity index (χ1v) is 6.37. The summed E-state index contributed by atoms with van der Waals surface area (Å²) in [7, 11) is 0. The minimum atomic E-state index is 0.0660. The van der Waals surface area contributed by atoms with Crippen LogP contribution in [0.5, 0.6) is 0 Å². The lowest BCUT2D eigenvalue weighted by Crippen LogP contribution is -2.35. The summed E-state index contributed by atoms with van der Waals surface area (Å²) in [4.78, 5) is 14.3. The summed E-state index contributed by atoms with van der Waals surface area (Å²) in [6.45, 7) is 2.96. The fraction of sp³-hybridized carbons (Fsp3) is 0.462. The van der Waals surface area contributed by atoms with Crippen molar-refractivity contribution in [3.63, 3.8) is 0 Å². The molecule has 0 saturated carbocycles. The molecule has 1 heterocycles. The number of carbonyl (C=O) groups excluding carboxylic acids is 1. The van der Waals surface area contributed by atoms with Crippen LogP contribution in [-0.4, -0.2) is 23.4 Å². The summed E-state index contributed by atoms with van der Waals surface area (Å²) < 4.78 is 0. The highest BCUT2D eigenvalue weighted by molar-refractivity contribution is 6.33. The largest absolute Gasteiger partial charge is 0.398 e. The van der Waals surface area contributed by atoms with Crippen LogP contribution in [0, 0.1) is 0 Å². The second-order valence-corrected chi connectivity index (χ2v) is 4.85. The molecule has 2 rings (SSSR count). The molecule has 1 fully saturated rings. The molecular weight excluding hydrogens is 236 g/mol. The van der Waals surface area contributed by atoms with Crippen LogP contribution >= 0.6 is 11.6 Å². The van der Waals surface area contributed by atoms with Crippen LogP contribution in [0.4, 0.5) is 5.69 Å². The zero-order chi connectivity index (χ0) is 12.4. The fourth-order valence-corrected chi connectivity index (χ4v) is 2.53. The van der Waals surface area contributed by atoms with Gasteiger partial charge < -0.3 is 10.6 Å². The van der Waals surface area contributed by atoms with E-state index < -0.39 is 0 Å². The first kappa shape index (κ1) is 12.2. The van der Waals surface area contributed by atoms with Gasteiger partial charge in [0.1, 0.15) is 0 Å². The Bertz CT molecular complexity index is 433. The Labute approximate surface area is 107 Å². The van der Waals surface area contributed by atoms with Crippen LogP contribution in [0.25, 0.3) is 0 Å². The topological polar surface area (TPSA) is 46.3 Å². The highest BCUT2D eigenvalue weighted by atomic mass is 35.5. The maximum atomic E-state index is 12.3. The molecule has 17 heavy (non-hydrogen) atoms. The molecule has 1 aromatic rings. The lowest BCUT2D eigenvalue weighted by atomic mass is 10.1. The van der Waals surface area contributed by atoms with Gasteiger partial charge in [0, 0.05) is 18.2 Å². The van der Waals surface area contributed by atoms with Crippen molar-refractivity contribution in [2.75, 3.05) is 12.3 Å². The van der Waals surface area contributed by atoms with Gasteiger partial charge in [-0.05, 0) is 37.5 Å². The molecule has 2 N–H and O–H groups in total. The number of halogens is 1. The lowest BCUT2D eigenvalue weighted by Gasteiger charge is -2.23. The van der Waals surface area contributed by atoms with Crippen molar-refractivity contribution in [2.45, 2.75) is 32.2 Å². The van der Waals surface area contributed by atoms with E-state index in [1.165, 1.54) is 0 Å². The average Bonchev–Trinajstić information content (AvgIpc) is 2.80. The Morgan fingerprint density at radius 2 is 2.35 bits per heavy atom. The first-order valence-electron chi connectivity index (χ1n) is 5.99. The third-order valence-electron chi connectivity index (χ3n) is 3.36. The van der Waals surface area contributed by atoms with Crippen LogP contribution in [0.3, 0.4) is 0 Å². The number of anilines is 1. The molecule has 1 aliphatic rings. The molecule has 1 aliphatic heterocycles. The first-order chi connectivity index (χ1) is 8.13. The van der Waals surface area contributed by atoms with Gasteiger partial charge in [-0.15, -0.1) is 0 Å². The zero-order valence-electron chi connectivity index (χ0n) is 9.95. The normalized spacial score (nSPS) is 19.6. The van der Waals surface area contributed by atoms with E-state index in [0.717, 1.165) is 25.8 Å². The highest BCUT2D eigenvalue weighted by Gasteiger charge is 2.28. The van der Waals surface area contributed by atoms with Crippen molar-refractivity contribution in [3.05, 3.63) is 28.8 Å². The van der Waals surface area contributed by atoms with E-state index >= 15 is 0 Å². The Kier molecular flexibility index (Phi) is 3.57. The maximum absolute atomic E-state index is 12.3. The van der Waals surface area contributed by atoms with Gasteiger partial charge in [-0.25, -0.2) is 0 Å². The SMILES string of the molecule is CCC1CCCN1C(=O)c1ccc(N)c(Cl)c1. The minimum Gasteiger partial charge on any atom is -0.398 e. The molecular formula is C13H17ClN2O. The van der Waals surface area contributed by atoms with E-state index in [9.17, 15) is 4.79 Å². The second kappa shape index (κ2) is 4.96. The summed E-state index contributed by atoms with van der Waals surface area (Å²) in [6.07, 6.45) is 3.20. The Hall–Kier alpha value is -1.22. The van der Waals surface area contributed by atoms with Crippen molar-refractivity contribution in [1.29, 1.82) is 0 Å². The average molecular weight is 253 g/mol. The predicted octanol–water partition coefficient (Wildman–Crippen LogP) is 2.94.